The first-order valence-corrected chi connectivity index (χ1v) is 5.40. The number of hydrogen-bond donors (Lipinski definition) is 0. The van der Waals surface area contributed by atoms with E-state index >= 15 is 0 Å². The SMILES string of the molecule is CCCc1ccc2cc(OC)ccc2c1. The molecule has 1 nitrogen and oxygen atoms in total. The number of benzene rings is 2. The zero-order valence-electron chi connectivity index (χ0n) is 9.29. The second kappa shape index (κ2) is 4.35. The first-order valence-electron chi connectivity index (χ1n) is 5.40. The summed E-state index contributed by atoms with van der Waals surface area (Å²) < 4.78 is 5.20. The fourth-order valence-electron chi connectivity index (χ4n) is 1.84. The summed E-state index contributed by atoms with van der Waals surface area (Å²) in [7, 11) is 1.70. The van der Waals surface area contributed by atoms with Crippen LogP contribution in [-0.4, -0.2) is 7.11 Å². The van der Waals surface area contributed by atoms with Gasteiger partial charge in [-0.25, -0.2) is 0 Å². The van der Waals surface area contributed by atoms with Crippen molar-refractivity contribution in [3.05, 3.63) is 42.0 Å². The van der Waals surface area contributed by atoms with E-state index in [-0.39, 0.29) is 0 Å². The molecular weight excluding hydrogens is 184 g/mol. The van der Waals surface area contributed by atoms with Crippen LogP contribution in [0.1, 0.15) is 18.9 Å². The summed E-state index contributed by atoms with van der Waals surface area (Å²) in [5.74, 6) is 0.922. The van der Waals surface area contributed by atoms with Crippen molar-refractivity contribution in [1.29, 1.82) is 0 Å². The Hall–Kier alpha value is -1.50. The molecule has 0 saturated carbocycles. The Morgan fingerprint density at radius 3 is 2.47 bits per heavy atom. The Kier molecular flexibility index (Phi) is 2.91. The maximum atomic E-state index is 5.20. The molecular formula is C14H16O. The lowest BCUT2D eigenvalue weighted by atomic mass is 10.0. The van der Waals surface area contributed by atoms with Gasteiger partial charge in [0.1, 0.15) is 5.75 Å². The van der Waals surface area contributed by atoms with Crippen LogP contribution in [-0.2, 0) is 6.42 Å². The van der Waals surface area contributed by atoms with E-state index in [9.17, 15) is 0 Å². The molecule has 0 bridgehead atoms. The Labute approximate surface area is 90.7 Å². The first-order chi connectivity index (χ1) is 7.33. The third-order valence-corrected chi connectivity index (χ3v) is 2.65. The summed E-state index contributed by atoms with van der Waals surface area (Å²) >= 11 is 0. The minimum Gasteiger partial charge on any atom is -0.497 e. The topological polar surface area (TPSA) is 9.23 Å². The number of ether oxygens (including phenoxy) is 1. The molecule has 0 spiro atoms. The summed E-state index contributed by atoms with van der Waals surface area (Å²) in [5, 5.41) is 2.54. The van der Waals surface area contributed by atoms with Gasteiger partial charge in [0.15, 0.2) is 0 Å². The molecule has 2 aromatic carbocycles. The molecule has 0 aliphatic rings. The highest BCUT2D eigenvalue weighted by Gasteiger charge is 1.97. The lowest BCUT2D eigenvalue weighted by Gasteiger charge is -2.04. The lowest BCUT2D eigenvalue weighted by molar-refractivity contribution is 0.415. The normalized spacial score (nSPS) is 10.5. The van der Waals surface area contributed by atoms with E-state index in [0.29, 0.717) is 0 Å². The minimum atomic E-state index is 0.922. The number of aryl methyl sites for hydroxylation is 1. The zero-order valence-corrected chi connectivity index (χ0v) is 9.29. The van der Waals surface area contributed by atoms with Gasteiger partial charge in [0.05, 0.1) is 7.11 Å². The Morgan fingerprint density at radius 1 is 1.00 bits per heavy atom. The van der Waals surface area contributed by atoms with E-state index in [1.54, 1.807) is 7.11 Å². The smallest absolute Gasteiger partial charge is 0.119 e. The minimum absolute atomic E-state index is 0.922. The molecule has 0 heterocycles. The molecule has 0 amide bonds. The monoisotopic (exact) mass is 200 g/mol. The van der Waals surface area contributed by atoms with Gasteiger partial charge in [-0.2, -0.15) is 0 Å². The molecule has 0 aliphatic carbocycles. The second-order valence-electron chi connectivity index (χ2n) is 3.80. The average molecular weight is 200 g/mol. The highest BCUT2D eigenvalue weighted by molar-refractivity contribution is 5.84. The van der Waals surface area contributed by atoms with Crippen molar-refractivity contribution in [3.8, 4) is 5.75 Å². The van der Waals surface area contributed by atoms with Crippen molar-refractivity contribution in [2.75, 3.05) is 7.11 Å². The third-order valence-electron chi connectivity index (χ3n) is 2.65. The van der Waals surface area contributed by atoms with Crippen LogP contribution in [0.3, 0.4) is 0 Å². The van der Waals surface area contributed by atoms with Crippen molar-refractivity contribution in [2.24, 2.45) is 0 Å². The Bertz CT molecular complexity index is 460. The Balaban J connectivity index is 2.45. The molecule has 0 fully saturated rings. The molecule has 1 heteroatoms. The molecule has 2 aromatic rings. The zero-order chi connectivity index (χ0) is 10.7. The lowest BCUT2D eigenvalue weighted by Crippen LogP contribution is -1.85. The van der Waals surface area contributed by atoms with Crippen molar-refractivity contribution in [3.63, 3.8) is 0 Å². The Morgan fingerprint density at radius 2 is 1.73 bits per heavy atom. The molecule has 0 aromatic heterocycles. The van der Waals surface area contributed by atoms with Gasteiger partial charge in [-0.1, -0.05) is 37.6 Å². The van der Waals surface area contributed by atoms with E-state index in [0.717, 1.165) is 12.2 Å². The van der Waals surface area contributed by atoms with Gasteiger partial charge in [0.25, 0.3) is 0 Å². The van der Waals surface area contributed by atoms with Gasteiger partial charge in [-0.05, 0) is 34.9 Å². The molecule has 0 saturated heterocycles. The molecule has 0 radical (unpaired) electrons. The predicted octanol–water partition coefficient (Wildman–Crippen LogP) is 3.80. The number of methoxy groups -OCH3 is 1. The number of fused-ring (bicyclic) bond motifs is 1. The number of hydrogen-bond acceptors (Lipinski definition) is 1. The van der Waals surface area contributed by atoms with E-state index in [2.05, 4.69) is 37.3 Å². The van der Waals surface area contributed by atoms with Crippen LogP contribution in [0.5, 0.6) is 5.75 Å². The summed E-state index contributed by atoms with van der Waals surface area (Å²) in [6.07, 6.45) is 2.35. The van der Waals surface area contributed by atoms with Crippen LogP contribution >= 0.6 is 0 Å². The maximum absolute atomic E-state index is 5.20. The second-order valence-corrected chi connectivity index (χ2v) is 3.80. The standard InChI is InChI=1S/C14H16O/c1-3-4-11-5-6-13-10-14(15-2)8-7-12(13)9-11/h5-10H,3-4H2,1-2H3. The maximum Gasteiger partial charge on any atom is 0.119 e. The van der Waals surface area contributed by atoms with Crippen LogP contribution < -0.4 is 4.74 Å². The van der Waals surface area contributed by atoms with E-state index in [4.69, 9.17) is 4.74 Å². The molecule has 2 rings (SSSR count). The molecule has 0 N–H and O–H groups in total. The highest BCUT2D eigenvalue weighted by Crippen LogP contribution is 2.22. The van der Waals surface area contributed by atoms with E-state index in [1.807, 2.05) is 6.07 Å². The van der Waals surface area contributed by atoms with Crippen molar-refractivity contribution in [2.45, 2.75) is 19.8 Å². The quantitative estimate of drug-likeness (QED) is 0.732. The van der Waals surface area contributed by atoms with Crippen molar-refractivity contribution < 1.29 is 4.74 Å². The summed E-state index contributed by atoms with van der Waals surface area (Å²) in [6.45, 7) is 2.21. The predicted molar refractivity (Wildman–Crippen MR) is 64.5 cm³/mol. The van der Waals surface area contributed by atoms with Gasteiger partial charge in [-0.3, -0.25) is 0 Å². The highest BCUT2D eigenvalue weighted by atomic mass is 16.5. The van der Waals surface area contributed by atoms with Gasteiger partial charge < -0.3 is 4.74 Å². The molecule has 78 valence electrons. The van der Waals surface area contributed by atoms with E-state index in [1.165, 1.54) is 22.8 Å². The number of rotatable bonds is 3. The summed E-state index contributed by atoms with van der Waals surface area (Å²) in [6, 6.07) is 12.8. The molecule has 0 atom stereocenters. The summed E-state index contributed by atoms with van der Waals surface area (Å²) in [4.78, 5) is 0. The van der Waals surface area contributed by atoms with Gasteiger partial charge in [-0.15, -0.1) is 0 Å². The largest absolute Gasteiger partial charge is 0.497 e. The molecule has 0 aliphatic heterocycles. The van der Waals surface area contributed by atoms with Crippen LogP contribution in [0, 0.1) is 0 Å². The van der Waals surface area contributed by atoms with Crippen LogP contribution in [0.2, 0.25) is 0 Å². The van der Waals surface area contributed by atoms with Crippen LogP contribution in [0.15, 0.2) is 36.4 Å². The molecule has 15 heavy (non-hydrogen) atoms. The van der Waals surface area contributed by atoms with Gasteiger partial charge >= 0.3 is 0 Å². The third kappa shape index (κ3) is 2.12. The average Bonchev–Trinajstić information content (AvgIpc) is 2.29. The molecule has 0 unspecified atom stereocenters. The van der Waals surface area contributed by atoms with Crippen LogP contribution in [0.25, 0.3) is 10.8 Å². The van der Waals surface area contributed by atoms with Gasteiger partial charge in [0.2, 0.25) is 0 Å². The van der Waals surface area contributed by atoms with Crippen molar-refractivity contribution >= 4 is 10.8 Å². The van der Waals surface area contributed by atoms with E-state index < -0.39 is 0 Å². The van der Waals surface area contributed by atoms with Gasteiger partial charge in [0, 0.05) is 0 Å². The fraction of sp³-hybridized carbons (Fsp3) is 0.286. The summed E-state index contributed by atoms with van der Waals surface area (Å²) in [5.41, 5.74) is 1.41. The van der Waals surface area contributed by atoms with Crippen LogP contribution in [0.4, 0.5) is 0 Å². The van der Waals surface area contributed by atoms with Crippen molar-refractivity contribution in [1.82, 2.24) is 0 Å². The first kappa shape index (κ1) is 10.0. The fourth-order valence-corrected chi connectivity index (χ4v) is 1.84.